The molecule has 2 aromatic carbocycles. The molecule has 0 aliphatic carbocycles. The first-order valence-corrected chi connectivity index (χ1v) is 7.21. The summed E-state index contributed by atoms with van der Waals surface area (Å²) >= 11 is 7.63. The zero-order valence-corrected chi connectivity index (χ0v) is 13.5. The molecule has 8 heteroatoms. The molecule has 22 heavy (non-hydrogen) atoms. The van der Waals surface area contributed by atoms with E-state index in [-0.39, 0.29) is 22.1 Å². The maximum absolute atomic E-state index is 12.5. The van der Waals surface area contributed by atoms with Crippen LogP contribution >= 0.6 is 34.2 Å². The zero-order valence-electron chi connectivity index (χ0n) is 10.6. The highest BCUT2D eigenvalue weighted by molar-refractivity contribution is 14.1. The normalized spacial score (nSPS) is 11.3. The number of carbonyl (C=O) groups is 1. The Morgan fingerprint density at radius 1 is 1.18 bits per heavy atom. The Bertz CT molecular complexity index is 732. The van der Waals surface area contributed by atoms with E-state index in [0.29, 0.717) is 3.57 Å². The zero-order chi connectivity index (χ0) is 16.5. The van der Waals surface area contributed by atoms with Crippen molar-refractivity contribution in [3.05, 3.63) is 56.1 Å². The van der Waals surface area contributed by atoms with Crippen LogP contribution in [0.2, 0.25) is 5.02 Å². The van der Waals surface area contributed by atoms with Gasteiger partial charge in [0, 0.05) is 3.57 Å². The molecule has 0 radical (unpaired) electrons. The van der Waals surface area contributed by atoms with E-state index in [0.717, 1.165) is 18.2 Å². The standard InChI is InChI=1S/C14H7ClF3IO3/c15-10-5-7(14(16,17)18)1-4-12(10)22-8-2-3-11(19)9(6-8)13(20)21/h1-6H,(H,20,21). The molecule has 0 atom stereocenters. The molecule has 0 saturated heterocycles. The number of carboxylic acid groups (broad SMARTS) is 1. The lowest BCUT2D eigenvalue weighted by Gasteiger charge is -2.11. The van der Waals surface area contributed by atoms with Crippen LogP contribution in [0.25, 0.3) is 0 Å². The lowest BCUT2D eigenvalue weighted by molar-refractivity contribution is -0.137. The molecule has 2 rings (SSSR count). The summed E-state index contributed by atoms with van der Waals surface area (Å²) in [6.07, 6.45) is -4.50. The predicted molar refractivity (Wildman–Crippen MR) is 82.6 cm³/mol. The highest BCUT2D eigenvalue weighted by Gasteiger charge is 2.31. The molecule has 0 aromatic heterocycles. The van der Waals surface area contributed by atoms with Gasteiger partial charge in [0.2, 0.25) is 0 Å². The van der Waals surface area contributed by atoms with Gasteiger partial charge in [-0.05, 0) is 59.0 Å². The van der Waals surface area contributed by atoms with Gasteiger partial charge in [-0.1, -0.05) is 11.6 Å². The number of hydrogen-bond donors (Lipinski definition) is 1. The van der Waals surface area contributed by atoms with Gasteiger partial charge in [-0.25, -0.2) is 4.79 Å². The molecule has 0 aliphatic heterocycles. The Labute approximate surface area is 141 Å². The summed E-state index contributed by atoms with van der Waals surface area (Å²) in [5.74, 6) is -0.958. The Morgan fingerprint density at radius 3 is 2.41 bits per heavy atom. The maximum atomic E-state index is 12.5. The van der Waals surface area contributed by atoms with Crippen molar-refractivity contribution in [3.8, 4) is 11.5 Å². The van der Waals surface area contributed by atoms with Crippen molar-refractivity contribution in [3.63, 3.8) is 0 Å². The van der Waals surface area contributed by atoms with Gasteiger partial charge < -0.3 is 9.84 Å². The third kappa shape index (κ3) is 3.83. The fraction of sp³-hybridized carbons (Fsp3) is 0.0714. The van der Waals surface area contributed by atoms with E-state index >= 15 is 0 Å². The second kappa shape index (κ2) is 6.33. The van der Waals surface area contributed by atoms with Gasteiger partial charge >= 0.3 is 12.1 Å². The second-order valence-corrected chi connectivity index (χ2v) is 5.76. The number of carboxylic acids is 1. The molecule has 0 saturated carbocycles. The summed E-state index contributed by atoms with van der Waals surface area (Å²) in [5.41, 5.74) is -0.861. The molecule has 0 unspecified atom stereocenters. The van der Waals surface area contributed by atoms with E-state index in [2.05, 4.69) is 0 Å². The summed E-state index contributed by atoms with van der Waals surface area (Å²) in [6, 6.07) is 6.98. The Balaban J connectivity index is 2.32. The molecular weight excluding hydrogens is 436 g/mol. The van der Waals surface area contributed by atoms with Crippen LogP contribution in [0.3, 0.4) is 0 Å². The van der Waals surface area contributed by atoms with Gasteiger partial charge in [-0.15, -0.1) is 0 Å². The van der Waals surface area contributed by atoms with Gasteiger partial charge in [0.25, 0.3) is 0 Å². The monoisotopic (exact) mass is 442 g/mol. The van der Waals surface area contributed by atoms with Crippen molar-refractivity contribution >= 4 is 40.2 Å². The maximum Gasteiger partial charge on any atom is 0.416 e. The molecule has 116 valence electrons. The van der Waals surface area contributed by atoms with E-state index in [1.54, 1.807) is 0 Å². The average Bonchev–Trinajstić information content (AvgIpc) is 2.41. The summed E-state index contributed by atoms with van der Waals surface area (Å²) in [7, 11) is 0. The fourth-order valence-corrected chi connectivity index (χ4v) is 2.40. The summed E-state index contributed by atoms with van der Waals surface area (Å²) in [5, 5.41) is 8.81. The van der Waals surface area contributed by atoms with Crippen LogP contribution in [0.15, 0.2) is 36.4 Å². The highest BCUT2D eigenvalue weighted by atomic mass is 127. The van der Waals surface area contributed by atoms with Crippen molar-refractivity contribution in [2.24, 2.45) is 0 Å². The summed E-state index contributed by atoms with van der Waals surface area (Å²) in [6.45, 7) is 0. The van der Waals surface area contributed by atoms with Gasteiger partial charge in [-0.3, -0.25) is 0 Å². The number of ether oxygens (including phenoxy) is 1. The number of hydrogen-bond acceptors (Lipinski definition) is 2. The number of rotatable bonds is 3. The molecule has 0 fully saturated rings. The lowest BCUT2D eigenvalue weighted by Crippen LogP contribution is -2.04. The molecule has 3 nitrogen and oxygen atoms in total. The largest absolute Gasteiger partial charge is 0.478 e. The van der Waals surface area contributed by atoms with Crippen LogP contribution in [0.5, 0.6) is 11.5 Å². The lowest BCUT2D eigenvalue weighted by atomic mass is 10.2. The Kier molecular flexibility index (Phi) is 4.86. The van der Waals surface area contributed by atoms with Crippen LogP contribution in [-0.4, -0.2) is 11.1 Å². The number of alkyl halides is 3. The summed E-state index contributed by atoms with van der Waals surface area (Å²) in [4.78, 5) is 11.0. The number of benzene rings is 2. The second-order valence-electron chi connectivity index (χ2n) is 4.19. The minimum Gasteiger partial charge on any atom is -0.478 e. The molecule has 0 heterocycles. The first-order chi connectivity index (χ1) is 10.2. The van der Waals surface area contributed by atoms with Crippen LogP contribution < -0.4 is 4.74 Å². The minimum atomic E-state index is -4.50. The summed E-state index contributed by atoms with van der Waals surface area (Å²) < 4.78 is 43.5. The van der Waals surface area contributed by atoms with Gasteiger partial charge in [0.05, 0.1) is 16.1 Å². The molecule has 0 bridgehead atoms. The SMILES string of the molecule is O=C(O)c1cc(Oc2ccc(C(F)(F)F)cc2Cl)ccc1I. The topological polar surface area (TPSA) is 46.5 Å². The van der Waals surface area contributed by atoms with Crippen molar-refractivity contribution < 1.29 is 27.8 Å². The van der Waals surface area contributed by atoms with Crippen molar-refractivity contribution in [2.75, 3.05) is 0 Å². The molecular formula is C14H7ClF3IO3. The van der Waals surface area contributed by atoms with E-state index in [4.69, 9.17) is 21.4 Å². The van der Waals surface area contributed by atoms with Gasteiger partial charge in [0.1, 0.15) is 11.5 Å². The van der Waals surface area contributed by atoms with Crippen LogP contribution in [-0.2, 0) is 6.18 Å². The number of aromatic carboxylic acids is 1. The first-order valence-electron chi connectivity index (χ1n) is 5.76. The number of halogens is 5. The van der Waals surface area contributed by atoms with Crippen molar-refractivity contribution in [2.45, 2.75) is 6.18 Å². The van der Waals surface area contributed by atoms with Gasteiger partial charge in [0.15, 0.2) is 0 Å². The minimum absolute atomic E-state index is 0.00668. The van der Waals surface area contributed by atoms with E-state index < -0.39 is 17.7 Å². The fourth-order valence-electron chi connectivity index (χ4n) is 1.62. The van der Waals surface area contributed by atoms with Crippen molar-refractivity contribution in [1.29, 1.82) is 0 Å². The van der Waals surface area contributed by atoms with E-state index in [1.165, 1.54) is 18.2 Å². The highest BCUT2D eigenvalue weighted by Crippen LogP contribution is 2.36. The average molecular weight is 443 g/mol. The van der Waals surface area contributed by atoms with Crippen LogP contribution in [0.1, 0.15) is 15.9 Å². The Hall–Kier alpha value is -1.48. The molecule has 1 N–H and O–H groups in total. The first kappa shape index (κ1) is 16.9. The third-order valence-electron chi connectivity index (χ3n) is 2.66. The smallest absolute Gasteiger partial charge is 0.416 e. The Morgan fingerprint density at radius 2 is 1.86 bits per heavy atom. The van der Waals surface area contributed by atoms with Crippen LogP contribution in [0.4, 0.5) is 13.2 Å². The molecule has 2 aromatic rings. The molecule has 0 amide bonds. The predicted octanol–water partition coefficient (Wildman–Crippen LogP) is 5.45. The van der Waals surface area contributed by atoms with E-state index in [9.17, 15) is 18.0 Å². The third-order valence-corrected chi connectivity index (χ3v) is 3.89. The molecule has 0 aliphatic rings. The van der Waals surface area contributed by atoms with Crippen molar-refractivity contribution in [1.82, 2.24) is 0 Å². The van der Waals surface area contributed by atoms with E-state index in [1.807, 2.05) is 22.6 Å². The van der Waals surface area contributed by atoms with Crippen LogP contribution in [0, 0.1) is 3.57 Å². The quantitative estimate of drug-likeness (QED) is 0.643. The molecule has 0 spiro atoms. The van der Waals surface area contributed by atoms with Gasteiger partial charge in [-0.2, -0.15) is 13.2 Å².